The molecule has 0 saturated carbocycles. The van der Waals surface area contributed by atoms with Gasteiger partial charge in [0.1, 0.15) is 5.51 Å². The molecule has 0 aliphatic rings. The summed E-state index contributed by atoms with van der Waals surface area (Å²) in [5.74, 6) is 0. The minimum absolute atomic E-state index is 0.534. The Morgan fingerprint density at radius 2 is 2.58 bits per heavy atom. The van der Waals surface area contributed by atoms with Gasteiger partial charge in [-0.05, 0) is 0 Å². The largest absolute Gasteiger partial charge is 0.393 e. The molecule has 1 aromatic heterocycles. The van der Waals surface area contributed by atoms with Crippen LogP contribution in [0.1, 0.15) is 6.42 Å². The number of rotatable bonds is 4. The first-order chi connectivity index (χ1) is 5.70. The van der Waals surface area contributed by atoms with Gasteiger partial charge in [0.25, 0.3) is 0 Å². The van der Waals surface area contributed by atoms with E-state index in [-0.39, 0.29) is 0 Å². The van der Waals surface area contributed by atoms with Crippen molar-refractivity contribution < 1.29 is 0 Å². The summed E-state index contributed by atoms with van der Waals surface area (Å²) in [6, 6.07) is 0. The lowest BCUT2D eigenvalue weighted by atomic mass is 10.4. The smallest absolute Gasteiger partial charge is 0.207 e. The number of anilines is 1. The Morgan fingerprint density at radius 1 is 1.83 bits per heavy atom. The van der Waals surface area contributed by atoms with Gasteiger partial charge in [0.05, 0.1) is 4.99 Å². The van der Waals surface area contributed by atoms with Gasteiger partial charge in [0.2, 0.25) is 5.13 Å². The second-order valence-electron chi connectivity index (χ2n) is 2.36. The van der Waals surface area contributed by atoms with Gasteiger partial charge in [-0.2, -0.15) is 0 Å². The summed E-state index contributed by atoms with van der Waals surface area (Å²) in [5.41, 5.74) is 7.07. The first-order valence-electron chi connectivity index (χ1n) is 3.46. The summed E-state index contributed by atoms with van der Waals surface area (Å²) in [6.07, 6.45) is 0.714. The molecule has 6 heteroatoms. The zero-order valence-corrected chi connectivity index (χ0v) is 8.36. The fourth-order valence-electron chi connectivity index (χ4n) is 0.707. The third-order valence-corrected chi connectivity index (χ3v) is 2.38. The van der Waals surface area contributed by atoms with Gasteiger partial charge < -0.3 is 10.6 Å². The SMILES string of the molecule is CN(CCC(N)=S)c1nncs1. The monoisotopic (exact) mass is 202 g/mol. The Balaban J connectivity index is 2.39. The molecule has 1 heterocycles. The molecule has 0 spiro atoms. The van der Waals surface area contributed by atoms with E-state index in [0.29, 0.717) is 11.4 Å². The lowest BCUT2D eigenvalue weighted by Crippen LogP contribution is -2.23. The summed E-state index contributed by atoms with van der Waals surface area (Å²) in [7, 11) is 1.94. The average molecular weight is 202 g/mol. The number of nitrogens with zero attached hydrogens (tertiary/aromatic N) is 3. The Labute approximate surface area is 80.4 Å². The number of aromatic nitrogens is 2. The lowest BCUT2D eigenvalue weighted by molar-refractivity contribution is 0.895. The van der Waals surface area contributed by atoms with Crippen LogP contribution in [-0.4, -0.2) is 28.8 Å². The first kappa shape index (κ1) is 9.34. The highest BCUT2D eigenvalue weighted by molar-refractivity contribution is 7.80. The molecular weight excluding hydrogens is 192 g/mol. The maximum absolute atomic E-state index is 5.37. The Kier molecular flexibility index (Phi) is 3.36. The van der Waals surface area contributed by atoms with E-state index >= 15 is 0 Å². The zero-order chi connectivity index (χ0) is 8.97. The Hall–Kier alpha value is -0.750. The van der Waals surface area contributed by atoms with E-state index in [1.165, 1.54) is 11.3 Å². The van der Waals surface area contributed by atoms with Gasteiger partial charge >= 0.3 is 0 Å². The third kappa shape index (κ3) is 2.71. The number of thiocarbonyl (C=S) groups is 1. The van der Waals surface area contributed by atoms with Crippen LogP contribution < -0.4 is 10.6 Å². The molecule has 0 unspecified atom stereocenters. The topological polar surface area (TPSA) is 55.0 Å². The van der Waals surface area contributed by atoms with Crippen molar-refractivity contribution in [2.45, 2.75) is 6.42 Å². The van der Waals surface area contributed by atoms with Crippen molar-refractivity contribution in [1.29, 1.82) is 0 Å². The van der Waals surface area contributed by atoms with Crippen LogP contribution in [-0.2, 0) is 0 Å². The summed E-state index contributed by atoms with van der Waals surface area (Å²) in [5, 5.41) is 8.53. The first-order valence-corrected chi connectivity index (χ1v) is 4.74. The number of hydrogen-bond donors (Lipinski definition) is 1. The van der Waals surface area contributed by atoms with E-state index in [1.54, 1.807) is 5.51 Å². The van der Waals surface area contributed by atoms with Crippen molar-refractivity contribution in [3.8, 4) is 0 Å². The predicted octanol–water partition coefficient (Wildman–Crippen LogP) is 0.651. The molecule has 0 aliphatic carbocycles. The highest BCUT2D eigenvalue weighted by Crippen LogP contribution is 2.13. The van der Waals surface area contributed by atoms with E-state index in [4.69, 9.17) is 18.0 Å². The molecule has 1 aromatic rings. The second kappa shape index (κ2) is 4.32. The van der Waals surface area contributed by atoms with Gasteiger partial charge in [-0.25, -0.2) is 0 Å². The van der Waals surface area contributed by atoms with Gasteiger partial charge in [-0.3, -0.25) is 0 Å². The summed E-state index contributed by atoms with van der Waals surface area (Å²) in [6.45, 7) is 0.796. The quantitative estimate of drug-likeness (QED) is 0.727. The van der Waals surface area contributed by atoms with Crippen LogP contribution in [0.15, 0.2) is 5.51 Å². The predicted molar refractivity (Wildman–Crippen MR) is 54.6 cm³/mol. The highest BCUT2D eigenvalue weighted by Gasteiger charge is 2.03. The van der Waals surface area contributed by atoms with E-state index in [2.05, 4.69) is 10.2 Å². The number of nitrogens with two attached hydrogens (primary N) is 1. The van der Waals surface area contributed by atoms with E-state index < -0.39 is 0 Å². The minimum Gasteiger partial charge on any atom is -0.393 e. The molecule has 0 fully saturated rings. The van der Waals surface area contributed by atoms with Crippen molar-refractivity contribution in [2.24, 2.45) is 5.73 Å². The molecule has 2 N–H and O–H groups in total. The van der Waals surface area contributed by atoms with E-state index in [0.717, 1.165) is 11.7 Å². The molecule has 1 rings (SSSR count). The zero-order valence-electron chi connectivity index (χ0n) is 6.73. The Morgan fingerprint density at radius 3 is 3.08 bits per heavy atom. The number of hydrogen-bond acceptors (Lipinski definition) is 5. The van der Waals surface area contributed by atoms with E-state index in [1.807, 2.05) is 11.9 Å². The summed E-state index contributed by atoms with van der Waals surface area (Å²) in [4.78, 5) is 2.52. The molecule has 4 nitrogen and oxygen atoms in total. The molecule has 0 amide bonds. The van der Waals surface area contributed by atoms with Crippen LogP contribution >= 0.6 is 23.6 Å². The van der Waals surface area contributed by atoms with Crippen molar-refractivity contribution in [1.82, 2.24) is 10.2 Å². The normalized spacial score (nSPS) is 9.75. The molecule has 12 heavy (non-hydrogen) atoms. The fourth-order valence-corrected chi connectivity index (χ4v) is 1.35. The van der Waals surface area contributed by atoms with Crippen molar-refractivity contribution in [3.63, 3.8) is 0 Å². The summed E-state index contributed by atoms with van der Waals surface area (Å²) < 4.78 is 0. The molecule has 0 radical (unpaired) electrons. The molecule has 0 atom stereocenters. The second-order valence-corrected chi connectivity index (χ2v) is 3.70. The van der Waals surface area contributed by atoms with Gasteiger partial charge in [-0.1, -0.05) is 23.6 Å². The van der Waals surface area contributed by atoms with Crippen LogP contribution in [0.4, 0.5) is 5.13 Å². The van der Waals surface area contributed by atoms with Crippen molar-refractivity contribution in [2.75, 3.05) is 18.5 Å². The molecule has 0 saturated heterocycles. The van der Waals surface area contributed by atoms with Gasteiger partial charge in [0, 0.05) is 20.0 Å². The third-order valence-electron chi connectivity index (χ3n) is 1.37. The molecule has 66 valence electrons. The van der Waals surface area contributed by atoms with Crippen LogP contribution in [0.5, 0.6) is 0 Å². The highest BCUT2D eigenvalue weighted by atomic mass is 32.1. The maximum atomic E-state index is 5.37. The Bertz CT molecular complexity index is 246. The minimum atomic E-state index is 0.534. The van der Waals surface area contributed by atoms with Gasteiger partial charge in [-0.15, -0.1) is 10.2 Å². The van der Waals surface area contributed by atoms with Crippen LogP contribution in [0.25, 0.3) is 0 Å². The van der Waals surface area contributed by atoms with Crippen LogP contribution in [0, 0.1) is 0 Å². The molecule has 0 aromatic carbocycles. The molecule has 0 aliphatic heterocycles. The molecular formula is C6H10N4S2. The molecule has 0 bridgehead atoms. The standard InChI is InChI=1S/C6H10N4S2/c1-10(3-2-5(7)11)6-9-8-4-12-6/h4H,2-3H2,1H3,(H2,7,11). The van der Waals surface area contributed by atoms with Gasteiger partial charge in [0.15, 0.2) is 0 Å². The maximum Gasteiger partial charge on any atom is 0.207 e. The lowest BCUT2D eigenvalue weighted by Gasteiger charge is -2.13. The van der Waals surface area contributed by atoms with Crippen LogP contribution in [0.3, 0.4) is 0 Å². The fraction of sp³-hybridized carbons (Fsp3) is 0.500. The average Bonchev–Trinajstić information content (AvgIpc) is 2.51. The summed E-state index contributed by atoms with van der Waals surface area (Å²) >= 11 is 6.26. The van der Waals surface area contributed by atoms with Crippen molar-refractivity contribution in [3.05, 3.63) is 5.51 Å². The van der Waals surface area contributed by atoms with Crippen LogP contribution in [0.2, 0.25) is 0 Å². The van der Waals surface area contributed by atoms with E-state index in [9.17, 15) is 0 Å². The van der Waals surface area contributed by atoms with Crippen molar-refractivity contribution >= 4 is 33.7 Å².